The highest BCUT2D eigenvalue weighted by molar-refractivity contribution is 7.92. The SMILES string of the molecule is Cc1cc(OCCNC(C)C)ncc1NS(=O)(=O)c1ccc(C(C)C)cc1. The van der Waals surface area contributed by atoms with E-state index in [-0.39, 0.29) is 4.90 Å². The van der Waals surface area contributed by atoms with Crippen LogP contribution in [0, 0.1) is 6.92 Å². The van der Waals surface area contributed by atoms with Gasteiger partial charge >= 0.3 is 0 Å². The minimum absolute atomic E-state index is 0.228. The van der Waals surface area contributed by atoms with Gasteiger partial charge < -0.3 is 10.1 Å². The molecular weight excluding hydrogens is 362 g/mol. The van der Waals surface area contributed by atoms with Gasteiger partial charge in [-0.2, -0.15) is 0 Å². The molecule has 0 fully saturated rings. The molecule has 2 rings (SSSR count). The fraction of sp³-hybridized carbons (Fsp3) is 0.450. The number of rotatable bonds is 9. The fourth-order valence-corrected chi connectivity index (χ4v) is 3.57. The molecule has 1 aromatic carbocycles. The Morgan fingerprint density at radius 1 is 1.11 bits per heavy atom. The van der Waals surface area contributed by atoms with Crippen molar-refractivity contribution in [3.63, 3.8) is 0 Å². The van der Waals surface area contributed by atoms with Gasteiger partial charge in [0.25, 0.3) is 10.0 Å². The predicted octanol–water partition coefficient (Wildman–Crippen LogP) is 3.69. The van der Waals surface area contributed by atoms with Crippen molar-refractivity contribution in [2.75, 3.05) is 17.9 Å². The Morgan fingerprint density at radius 3 is 2.33 bits per heavy atom. The number of nitrogens with zero attached hydrogens (tertiary/aromatic N) is 1. The van der Waals surface area contributed by atoms with Gasteiger partial charge in [0.1, 0.15) is 6.61 Å². The zero-order valence-electron chi connectivity index (χ0n) is 16.6. The summed E-state index contributed by atoms with van der Waals surface area (Å²) in [5, 5.41) is 3.26. The summed E-state index contributed by atoms with van der Waals surface area (Å²) in [6.45, 7) is 11.3. The number of hydrogen-bond acceptors (Lipinski definition) is 5. The van der Waals surface area contributed by atoms with Crippen LogP contribution in [0.1, 0.15) is 44.7 Å². The van der Waals surface area contributed by atoms with E-state index in [1.165, 1.54) is 6.20 Å². The molecule has 6 nitrogen and oxygen atoms in total. The van der Waals surface area contributed by atoms with Crippen LogP contribution >= 0.6 is 0 Å². The highest BCUT2D eigenvalue weighted by Gasteiger charge is 2.16. The maximum absolute atomic E-state index is 12.6. The second-order valence-electron chi connectivity index (χ2n) is 7.12. The van der Waals surface area contributed by atoms with Gasteiger partial charge in [0.15, 0.2) is 0 Å². The van der Waals surface area contributed by atoms with E-state index in [0.29, 0.717) is 30.1 Å². The first-order chi connectivity index (χ1) is 12.7. The number of hydrogen-bond donors (Lipinski definition) is 2. The van der Waals surface area contributed by atoms with Crippen LogP contribution in [0.3, 0.4) is 0 Å². The number of anilines is 1. The van der Waals surface area contributed by atoms with E-state index in [1.807, 2.05) is 19.1 Å². The molecule has 0 amide bonds. The highest BCUT2D eigenvalue weighted by Crippen LogP contribution is 2.23. The first-order valence-corrected chi connectivity index (χ1v) is 10.6. The minimum Gasteiger partial charge on any atom is -0.476 e. The van der Waals surface area contributed by atoms with Crippen LogP contribution in [-0.4, -0.2) is 32.6 Å². The third-order valence-electron chi connectivity index (χ3n) is 4.09. The molecule has 0 spiro atoms. The van der Waals surface area contributed by atoms with Crippen molar-refractivity contribution in [3.05, 3.63) is 47.7 Å². The normalized spacial score (nSPS) is 11.8. The Labute approximate surface area is 162 Å². The second kappa shape index (κ2) is 9.19. The standard InChI is InChI=1S/C20H29N3O3S/c1-14(2)17-6-8-18(9-7-17)27(24,25)23-19-13-22-20(12-16(19)5)26-11-10-21-15(3)4/h6-9,12-15,21,23H,10-11H2,1-5H3. The maximum atomic E-state index is 12.6. The van der Waals surface area contributed by atoms with Crippen LogP contribution in [-0.2, 0) is 10.0 Å². The van der Waals surface area contributed by atoms with E-state index in [4.69, 9.17) is 4.74 Å². The Kier molecular flexibility index (Phi) is 7.21. The number of aryl methyl sites for hydroxylation is 1. The summed E-state index contributed by atoms with van der Waals surface area (Å²) in [6.07, 6.45) is 1.49. The van der Waals surface area contributed by atoms with E-state index in [9.17, 15) is 8.42 Å². The Morgan fingerprint density at radius 2 is 1.78 bits per heavy atom. The largest absolute Gasteiger partial charge is 0.476 e. The van der Waals surface area contributed by atoms with Gasteiger partial charge in [-0.05, 0) is 36.1 Å². The number of ether oxygens (including phenoxy) is 1. The number of aromatic nitrogens is 1. The summed E-state index contributed by atoms with van der Waals surface area (Å²) in [5.74, 6) is 0.826. The van der Waals surface area contributed by atoms with Gasteiger partial charge in [-0.25, -0.2) is 13.4 Å². The number of pyridine rings is 1. The first-order valence-electron chi connectivity index (χ1n) is 9.14. The molecule has 148 valence electrons. The number of sulfonamides is 1. The molecule has 0 aliphatic rings. The zero-order valence-corrected chi connectivity index (χ0v) is 17.4. The molecule has 0 radical (unpaired) electrons. The van der Waals surface area contributed by atoms with Crippen LogP contribution in [0.4, 0.5) is 5.69 Å². The van der Waals surface area contributed by atoms with Gasteiger partial charge in [0, 0.05) is 18.7 Å². The highest BCUT2D eigenvalue weighted by atomic mass is 32.2. The van der Waals surface area contributed by atoms with Crippen molar-refractivity contribution < 1.29 is 13.2 Å². The molecule has 0 atom stereocenters. The Balaban J connectivity index is 2.05. The van der Waals surface area contributed by atoms with E-state index < -0.39 is 10.0 Å². The third kappa shape index (κ3) is 6.22. The van der Waals surface area contributed by atoms with E-state index in [1.54, 1.807) is 18.2 Å². The van der Waals surface area contributed by atoms with Crippen LogP contribution in [0.2, 0.25) is 0 Å². The number of nitrogens with one attached hydrogen (secondary N) is 2. The Bertz CT molecular complexity index is 847. The molecule has 0 aliphatic heterocycles. The maximum Gasteiger partial charge on any atom is 0.261 e. The average Bonchev–Trinajstić information content (AvgIpc) is 2.60. The van der Waals surface area contributed by atoms with Gasteiger partial charge in [-0.3, -0.25) is 4.72 Å². The molecule has 1 aromatic heterocycles. The molecule has 0 unspecified atom stereocenters. The molecule has 7 heteroatoms. The van der Waals surface area contributed by atoms with Crippen molar-refractivity contribution in [3.8, 4) is 5.88 Å². The van der Waals surface area contributed by atoms with Crippen molar-refractivity contribution in [1.82, 2.24) is 10.3 Å². The van der Waals surface area contributed by atoms with Crippen LogP contribution in [0.15, 0.2) is 41.4 Å². The van der Waals surface area contributed by atoms with Crippen LogP contribution < -0.4 is 14.8 Å². The second-order valence-corrected chi connectivity index (χ2v) is 8.81. The van der Waals surface area contributed by atoms with Crippen molar-refractivity contribution in [2.24, 2.45) is 0 Å². The molecular formula is C20H29N3O3S. The third-order valence-corrected chi connectivity index (χ3v) is 5.47. The molecule has 0 aliphatic carbocycles. The lowest BCUT2D eigenvalue weighted by molar-refractivity contribution is 0.298. The molecule has 0 saturated heterocycles. The summed E-state index contributed by atoms with van der Waals surface area (Å²) in [5.41, 5.74) is 2.29. The lowest BCUT2D eigenvalue weighted by atomic mass is 10.0. The lowest BCUT2D eigenvalue weighted by Gasteiger charge is -2.13. The average molecular weight is 392 g/mol. The van der Waals surface area contributed by atoms with Crippen molar-refractivity contribution >= 4 is 15.7 Å². The predicted molar refractivity (Wildman–Crippen MR) is 109 cm³/mol. The van der Waals surface area contributed by atoms with Gasteiger partial charge in [-0.1, -0.05) is 39.8 Å². The molecule has 2 aromatic rings. The number of benzene rings is 1. The lowest BCUT2D eigenvalue weighted by Crippen LogP contribution is -2.27. The summed E-state index contributed by atoms with van der Waals surface area (Å²) in [6, 6.07) is 9.06. The molecule has 0 saturated carbocycles. The quantitative estimate of drug-likeness (QED) is 0.637. The van der Waals surface area contributed by atoms with E-state index in [2.05, 4.69) is 42.7 Å². The molecule has 0 bridgehead atoms. The first kappa shape index (κ1) is 21.2. The summed E-state index contributed by atoms with van der Waals surface area (Å²) in [4.78, 5) is 4.42. The fourth-order valence-electron chi connectivity index (χ4n) is 2.45. The molecule has 2 N–H and O–H groups in total. The van der Waals surface area contributed by atoms with Crippen LogP contribution in [0.25, 0.3) is 0 Å². The topological polar surface area (TPSA) is 80.3 Å². The molecule has 27 heavy (non-hydrogen) atoms. The summed E-state index contributed by atoms with van der Waals surface area (Å²) in [7, 11) is -3.66. The van der Waals surface area contributed by atoms with Gasteiger partial charge in [0.2, 0.25) is 5.88 Å². The van der Waals surface area contributed by atoms with Crippen LogP contribution in [0.5, 0.6) is 5.88 Å². The van der Waals surface area contributed by atoms with E-state index >= 15 is 0 Å². The Hall–Kier alpha value is -2.12. The van der Waals surface area contributed by atoms with Crippen molar-refractivity contribution in [1.29, 1.82) is 0 Å². The van der Waals surface area contributed by atoms with Crippen molar-refractivity contribution in [2.45, 2.75) is 51.5 Å². The van der Waals surface area contributed by atoms with E-state index in [0.717, 1.165) is 17.7 Å². The van der Waals surface area contributed by atoms with Gasteiger partial charge in [0.05, 0.1) is 16.8 Å². The summed E-state index contributed by atoms with van der Waals surface area (Å²) < 4.78 is 33.4. The monoisotopic (exact) mass is 391 g/mol. The van der Waals surface area contributed by atoms with Gasteiger partial charge in [-0.15, -0.1) is 0 Å². The minimum atomic E-state index is -3.66. The molecule has 1 heterocycles. The smallest absolute Gasteiger partial charge is 0.261 e. The summed E-state index contributed by atoms with van der Waals surface area (Å²) >= 11 is 0. The zero-order chi connectivity index (χ0) is 20.0.